The third-order valence-corrected chi connectivity index (χ3v) is 1.23. The molecule has 0 radical (unpaired) electrons. The van der Waals surface area contributed by atoms with E-state index in [1.54, 1.807) is 20.8 Å². The van der Waals surface area contributed by atoms with E-state index in [2.05, 4.69) is 11.9 Å². The van der Waals surface area contributed by atoms with Gasteiger partial charge in [0, 0.05) is 6.54 Å². The van der Waals surface area contributed by atoms with E-state index in [1.807, 2.05) is 0 Å². The second-order valence-electron chi connectivity index (χ2n) is 3.83. The van der Waals surface area contributed by atoms with Gasteiger partial charge in [0.1, 0.15) is 5.60 Å². The molecule has 1 N–H and O–H groups in total. The van der Waals surface area contributed by atoms with Gasteiger partial charge in [0.2, 0.25) is 5.91 Å². The van der Waals surface area contributed by atoms with Crippen LogP contribution in [0, 0.1) is 0 Å². The van der Waals surface area contributed by atoms with E-state index in [1.165, 1.54) is 0 Å². The Bertz CT molecular complexity index is 228. The van der Waals surface area contributed by atoms with Crippen LogP contribution < -0.4 is 5.32 Å². The maximum atomic E-state index is 11.1. The molecule has 0 bridgehead atoms. The summed E-state index contributed by atoms with van der Waals surface area (Å²) < 4.78 is 5.04. The van der Waals surface area contributed by atoms with Crippen LogP contribution in [0.5, 0.6) is 0 Å². The minimum atomic E-state index is -0.473. The Balaban J connectivity index is 3.65. The molecule has 0 heterocycles. The van der Waals surface area contributed by atoms with Gasteiger partial charge in [-0.25, -0.2) is 0 Å². The average Bonchev–Trinajstić information content (AvgIpc) is 2.00. The number of hydrogen-bond acceptors (Lipinski definition) is 3. The van der Waals surface area contributed by atoms with Crippen molar-refractivity contribution < 1.29 is 14.3 Å². The molecular weight excluding hydrogens is 182 g/mol. The fraction of sp³-hybridized carbons (Fsp3) is 0.600. The predicted octanol–water partition coefficient (Wildman–Crippen LogP) is 1.02. The first-order valence-corrected chi connectivity index (χ1v) is 4.47. The van der Waals surface area contributed by atoms with E-state index in [4.69, 9.17) is 4.74 Å². The van der Waals surface area contributed by atoms with Crippen LogP contribution in [0.1, 0.15) is 27.2 Å². The molecule has 0 saturated heterocycles. The summed E-state index contributed by atoms with van der Waals surface area (Å²) in [7, 11) is 0. The van der Waals surface area contributed by atoms with E-state index >= 15 is 0 Å². The molecule has 0 rings (SSSR count). The summed E-state index contributed by atoms with van der Waals surface area (Å²) in [6.45, 7) is 8.96. The first-order chi connectivity index (χ1) is 6.35. The van der Waals surface area contributed by atoms with Crippen molar-refractivity contribution in [2.75, 3.05) is 6.54 Å². The topological polar surface area (TPSA) is 55.4 Å². The van der Waals surface area contributed by atoms with E-state index < -0.39 is 5.60 Å². The number of ether oxygens (including phenoxy) is 1. The maximum absolute atomic E-state index is 11.1. The lowest BCUT2D eigenvalue weighted by atomic mass is 10.2. The first-order valence-electron chi connectivity index (χ1n) is 4.47. The minimum absolute atomic E-state index is 0.177. The Morgan fingerprint density at radius 3 is 2.43 bits per heavy atom. The summed E-state index contributed by atoms with van der Waals surface area (Å²) in [5.41, 5.74) is -0.473. The molecule has 1 amide bonds. The number of carbonyl (C=O) groups excluding carboxylic acids is 2. The molecule has 0 aliphatic rings. The van der Waals surface area contributed by atoms with Crippen LogP contribution in [-0.2, 0) is 14.3 Å². The van der Waals surface area contributed by atoms with Crippen molar-refractivity contribution >= 4 is 11.9 Å². The summed E-state index contributed by atoms with van der Waals surface area (Å²) in [4.78, 5) is 21.8. The standard InChI is InChI=1S/C10H17NO3/c1-5-8(12)11-7-6-9(13)14-10(2,3)4/h5H,1,6-7H2,2-4H3,(H,11,12). The van der Waals surface area contributed by atoms with Crippen LogP contribution in [0.4, 0.5) is 0 Å². The Kier molecular flexibility index (Phi) is 4.91. The second-order valence-corrected chi connectivity index (χ2v) is 3.83. The number of rotatable bonds is 4. The van der Waals surface area contributed by atoms with Crippen molar-refractivity contribution in [3.8, 4) is 0 Å². The molecule has 0 fully saturated rings. The number of esters is 1. The molecule has 14 heavy (non-hydrogen) atoms. The zero-order valence-corrected chi connectivity index (χ0v) is 8.92. The maximum Gasteiger partial charge on any atom is 0.308 e. The molecule has 0 saturated carbocycles. The van der Waals surface area contributed by atoms with Crippen LogP contribution in [-0.4, -0.2) is 24.0 Å². The van der Waals surface area contributed by atoms with Gasteiger partial charge in [0.15, 0.2) is 0 Å². The van der Waals surface area contributed by atoms with Crippen molar-refractivity contribution in [1.82, 2.24) is 5.32 Å². The number of nitrogens with one attached hydrogen (secondary N) is 1. The van der Waals surface area contributed by atoms with Gasteiger partial charge in [-0.1, -0.05) is 6.58 Å². The fourth-order valence-electron chi connectivity index (χ4n) is 0.752. The van der Waals surface area contributed by atoms with E-state index in [9.17, 15) is 9.59 Å². The lowest BCUT2D eigenvalue weighted by molar-refractivity contribution is -0.154. The minimum Gasteiger partial charge on any atom is -0.460 e. The van der Waals surface area contributed by atoms with Gasteiger partial charge in [-0.15, -0.1) is 0 Å². The fourth-order valence-corrected chi connectivity index (χ4v) is 0.752. The highest BCUT2D eigenvalue weighted by molar-refractivity contribution is 5.87. The third kappa shape index (κ3) is 7.34. The SMILES string of the molecule is C=CC(=O)NCCC(=O)OC(C)(C)C. The molecule has 0 aromatic heterocycles. The monoisotopic (exact) mass is 199 g/mol. The Hall–Kier alpha value is -1.32. The predicted molar refractivity (Wildman–Crippen MR) is 53.7 cm³/mol. The number of amides is 1. The lowest BCUT2D eigenvalue weighted by Gasteiger charge is -2.19. The van der Waals surface area contributed by atoms with Gasteiger partial charge in [-0.2, -0.15) is 0 Å². The van der Waals surface area contributed by atoms with Crippen LogP contribution in [0.15, 0.2) is 12.7 Å². The highest BCUT2D eigenvalue weighted by Crippen LogP contribution is 2.07. The molecule has 0 aromatic carbocycles. The molecule has 80 valence electrons. The van der Waals surface area contributed by atoms with Crippen LogP contribution in [0.25, 0.3) is 0 Å². The summed E-state index contributed by atoms with van der Waals surface area (Å²) in [6, 6.07) is 0. The summed E-state index contributed by atoms with van der Waals surface area (Å²) in [6.07, 6.45) is 1.34. The van der Waals surface area contributed by atoms with Crippen molar-refractivity contribution in [2.24, 2.45) is 0 Å². The van der Waals surface area contributed by atoms with Crippen molar-refractivity contribution in [3.63, 3.8) is 0 Å². The van der Waals surface area contributed by atoms with Gasteiger partial charge < -0.3 is 10.1 Å². The summed E-state index contributed by atoms with van der Waals surface area (Å²) in [5, 5.41) is 2.49. The third-order valence-electron chi connectivity index (χ3n) is 1.23. The molecule has 4 nitrogen and oxygen atoms in total. The van der Waals surface area contributed by atoms with Crippen molar-refractivity contribution in [2.45, 2.75) is 32.8 Å². The van der Waals surface area contributed by atoms with Crippen LogP contribution in [0.2, 0.25) is 0 Å². The normalized spacial score (nSPS) is 10.5. The Morgan fingerprint density at radius 2 is 2.00 bits per heavy atom. The van der Waals surface area contributed by atoms with Gasteiger partial charge in [-0.3, -0.25) is 9.59 Å². The molecule has 0 aromatic rings. The van der Waals surface area contributed by atoms with Crippen LogP contribution in [0.3, 0.4) is 0 Å². The Labute approximate surface area is 84.3 Å². The number of carbonyl (C=O) groups is 2. The highest BCUT2D eigenvalue weighted by atomic mass is 16.6. The zero-order valence-electron chi connectivity index (χ0n) is 8.92. The van der Waals surface area contributed by atoms with Crippen molar-refractivity contribution in [1.29, 1.82) is 0 Å². The quantitative estimate of drug-likeness (QED) is 0.543. The second kappa shape index (κ2) is 5.42. The molecule has 0 unspecified atom stereocenters. The highest BCUT2D eigenvalue weighted by Gasteiger charge is 2.15. The molecular formula is C10H17NO3. The summed E-state index contributed by atoms with van der Waals surface area (Å²) in [5.74, 6) is -0.601. The average molecular weight is 199 g/mol. The van der Waals surface area contributed by atoms with Gasteiger partial charge >= 0.3 is 5.97 Å². The molecule has 0 aliphatic heterocycles. The number of hydrogen-bond donors (Lipinski definition) is 1. The molecule has 0 aliphatic carbocycles. The Morgan fingerprint density at radius 1 is 1.43 bits per heavy atom. The molecule has 0 atom stereocenters. The zero-order chi connectivity index (χ0) is 11.2. The van der Waals surface area contributed by atoms with Gasteiger partial charge in [0.05, 0.1) is 6.42 Å². The summed E-state index contributed by atoms with van der Waals surface area (Å²) >= 11 is 0. The van der Waals surface area contributed by atoms with E-state index in [-0.39, 0.29) is 24.8 Å². The largest absolute Gasteiger partial charge is 0.460 e. The molecule has 4 heteroatoms. The lowest BCUT2D eigenvalue weighted by Crippen LogP contribution is -2.28. The molecule has 0 spiro atoms. The first kappa shape index (κ1) is 12.7. The van der Waals surface area contributed by atoms with Gasteiger partial charge in [0.25, 0.3) is 0 Å². The van der Waals surface area contributed by atoms with Crippen LogP contribution >= 0.6 is 0 Å². The van der Waals surface area contributed by atoms with Gasteiger partial charge in [-0.05, 0) is 26.8 Å². The van der Waals surface area contributed by atoms with E-state index in [0.717, 1.165) is 6.08 Å². The smallest absolute Gasteiger partial charge is 0.308 e. The van der Waals surface area contributed by atoms with Crippen molar-refractivity contribution in [3.05, 3.63) is 12.7 Å². The van der Waals surface area contributed by atoms with E-state index in [0.29, 0.717) is 0 Å².